The third-order valence-electron chi connectivity index (χ3n) is 4.74. The predicted octanol–water partition coefficient (Wildman–Crippen LogP) is 3.55. The zero-order valence-corrected chi connectivity index (χ0v) is 15.4. The van der Waals surface area contributed by atoms with E-state index in [4.69, 9.17) is 5.73 Å². The number of carbonyl (C=O) groups is 2. The summed E-state index contributed by atoms with van der Waals surface area (Å²) in [5.74, 6) is 0.156. The van der Waals surface area contributed by atoms with E-state index >= 15 is 0 Å². The number of hydrogen-bond donors (Lipinski definition) is 2. The molecule has 3 rings (SSSR count). The molecule has 0 aliphatic carbocycles. The van der Waals surface area contributed by atoms with Crippen LogP contribution in [0.5, 0.6) is 0 Å². The molecule has 0 radical (unpaired) electrons. The molecule has 1 aromatic heterocycles. The summed E-state index contributed by atoms with van der Waals surface area (Å²) in [4.78, 5) is 31.1. The number of nitrogens with two attached hydrogens (primary N) is 1. The normalized spacial score (nSPS) is 16.6. The number of benzene rings is 1. The van der Waals surface area contributed by atoms with Crippen LogP contribution in [0.2, 0.25) is 0 Å². The van der Waals surface area contributed by atoms with Gasteiger partial charge in [-0.25, -0.2) is 4.98 Å². The standard InChI is InChI=1S/C21H24N4O2/c1-14(2)21(27)25-12-6-4-7-18(25)16-13-15(9-10-17(16)22)20(26)24-19-8-3-5-11-23-19/h3,5,8-11,13,18H,1,4,6-7,12,22H2,2H3,(H,23,24,26). The van der Waals surface area contributed by atoms with Crippen LogP contribution in [0, 0.1) is 0 Å². The van der Waals surface area contributed by atoms with E-state index in [9.17, 15) is 9.59 Å². The maximum atomic E-state index is 12.6. The van der Waals surface area contributed by atoms with Crippen molar-refractivity contribution in [2.45, 2.75) is 32.2 Å². The number of nitrogens with zero attached hydrogens (tertiary/aromatic N) is 2. The minimum absolute atomic E-state index is 0.0672. The predicted molar refractivity (Wildman–Crippen MR) is 106 cm³/mol. The highest BCUT2D eigenvalue weighted by Gasteiger charge is 2.30. The van der Waals surface area contributed by atoms with E-state index < -0.39 is 0 Å². The molecule has 1 atom stereocenters. The summed E-state index contributed by atoms with van der Waals surface area (Å²) >= 11 is 0. The van der Waals surface area contributed by atoms with Crippen LogP contribution in [0.4, 0.5) is 11.5 Å². The van der Waals surface area contributed by atoms with Crippen molar-refractivity contribution in [1.29, 1.82) is 0 Å². The average Bonchev–Trinajstić information content (AvgIpc) is 2.68. The summed E-state index contributed by atoms with van der Waals surface area (Å²) in [6.45, 7) is 6.16. The molecule has 0 saturated carbocycles. The zero-order valence-electron chi connectivity index (χ0n) is 15.4. The minimum atomic E-state index is -0.261. The summed E-state index contributed by atoms with van der Waals surface area (Å²) in [7, 11) is 0. The SMILES string of the molecule is C=C(C)C(=O)N1CCCCC1c1cc(C(=O)Nc2ccccn2)ccc1N. The number of pyridine rings is 1. The Morgan fingerprint density at radius 3 is 2.78 bits per heavy atom. The topological polar surface area (TPSA) is 88.3 Å². The second-order valence-electron chi connectivity index (χ2n) is 6.80. The van der Waals surface area contributed by atoms with Crippen molar-refractivity contribution in [2.75, 3.05) is 17.6 Å². The zero-order chi connectivity index (χ0) is 19.4. The van der Waals surface area contributed by atoms with Crippen molar-refractivity contribution in [3.05, 3.63) is 65.9 Å². The van der Waals surface area contributed by atoms with Crippen LogP contribution in [0.1, 0.15) is 48.1 Å². The van der Waals surface area contributed by atoms with Gasteiger partial charge in [-0.15, -0.1) is 0 Å². The van der Waals surface area contributed by atoms with Crippen molar-refractivity contribution in [2.24, 2.45) is 0 Å². The Hall–Kier alpha value is -3.15. The Morgan fingerprint density at radius 1 is 1.26 bits per heavy atom. The Bertz CT molecular complexity index is 864. The molecule has 2 aromatic rings. The lowest BCUT2D eigenvalue weighted by Gasteiger charge is -2.37. The lowest BCUT2D eigenvalue weighted by Crippen LogP contribution is -2.39. The van der Waals surface area contributed by atoms with Crippen LogP contribution in [-0.4, -0.2) is 28.2 Å². The number of anilines is 2. The first-order chi connectivity index (χ1) is 13.0. The monoisotopic (exact) mass is 364 g/mol. The molecule has 1 saturated heterocycles. The average molecular weight is 364 g/mol. The van der Waals surface area contributed by atoms with Gasteiger partial charge in [0.1, 0.15) is 5.82 Å². The third-order valence-corrected chi connectivity index (χ3v) is 4.74. The van der Waals surface area contributed by atoms with Crippen LogP contribution in [0.25, 0.3) is 0 Å². The molecule has 2 heterocycles. The Labute approximate surface area is 159 Å². The fourth-order valence-corrected chi connectivity index (χ4v) is 3.37. The van der Waals surface area contributed by atoms with Gasteiger partial charge in [0.15, 0.2) is 0 Å². The minimum Gasteiger partial charge on any atom is -0.398 e. The van der Waals surface area contributed by atoms with Gasteiger partial charge in [0, 0.05) is 29.6 Å². The molecule has 0 spiro atoms. The van der Waals surface area contributed by atoms with Crippen LogP contribution >= 0.6 is 0 Å². The van der Waals surface area contributed by atoms with Gasteiger partial charge < -0.3 is 16.0 Å². The fourth-order valence-electron chi connectivity index (χ4n) is 3.37. The number of nitrogen functional groups attached to an aromatic ring is 1. The quantitative estimate of drug-likeness (QED) is 0.641. The maximum Gasteiger partial charge on any atom is 0.256 e. The van der Waals surface area contributed by atoms with Crippen molar-refractivity contribution in [1.82, 2.24) is 9.88 Å². The second kappa shape index (κ2) is 8.03. The van der Waals surface area contributed by atoms with Crippen LogP contribution in [-0.2, 0) is 4.79 Å². The van der Waals surface area contributed by atoms with E-state index in [1.54, 1.807) is 49.5 Å². The van der Waals surface area contributed by atoms with E-state index in [2.05, 4.69) is 16.9 Å². The molecule has 27 heavy (non-hydrogen) atoms. The van der Waals surface area contributed by atoms with Gasteiger partial charge in [0.25, 0.3) is 5.91 Å². The van der Waals surface area contributed by atoms with Crippen molar-refractivity contribution in [3.63, 3.8) is 0 Å². The lowest BCUT2D eigenvalue weighted by molar-refractivity contribution is -0.130. The molecule has 6 heteroatoms. The van der Waals surface area contributed by atoms with Gasteiger partial charge in [0.05, 0.1) is 6.04 Å². The van der Waals surface area contributed by atoms with Gasteiger partial charge in [0.2, 0.25) is 5.91 Å². The number of carbonyl (C=O) groups excluding carboxylic acids is 2. The Kier molecular flexibility index (Phi) is 5.54. The highest BCUT2D eigenvalue weighted by atomic mass is 16.2. The first-order valence-corrected chi connectivity index (χ1v) is 9.05. The fraction of sp³-hybridized carbons (Fsp3) is 0.286. The number of piperidine rings is 1. The molecular weight excluding hydrogens is 340 g/mol. The van der Waals surface area contributed by atoms with Gasteiger partial charge >= 0.3 is 0 Å². The number of rotatable bonds is 4. The van der Waals surface area contributed by atoms with Gasteiger partial charge in [-0.05, 0) is 62.1 Å². The first-order valence-electron chi connectivity index (χ1n) is 9.05. The molecule has 1 unspecified atom stereocenters. The largest absolute Gasteiger partial charge is 0.398 e. The second-order valence-corrected chi connectivity index (χ2v) is 6.80. The van der Waals surface area contributed by atoms with E-state index in [0.29, 0.717) is 29.2 Å². The van der Waals surface area contributed by atoms with Crippen LogP contribution in [0.15, 0.2) is 54.7 Å². The number of hydrogen-bond acceptors (Lipinski definition) is 4. The van der Waals surface area contributed by atoms with Crippen molar-refractivity contribution in [3.8, 4) is 0 Å². The van der Waals surface area contributed by atoms with E-state index in [-0.39, 0.29) is 17.9 Å². The van der Waals surface area contributed by atoms with Crippen LogP contribution < -0.4 is 11.1 Å². The van der Waals surface area contributed by atoms with E-state index in [1.807, 2.05) is 4.90 Å². The molecule has 3 N–H and O–H groups in total. The van der Waals surface area contributed by atoms with Crippen LogP contribution in [0.3, 0.4) is 0 Å². The third kappa shape index (κ3) is 4.16. The summed E-state index contributed by atoms with van der Waals surface area (Å²) in [5, 5.41) is 2.77. The molecule has 6 nitrogen and oxygen atoms in total. The molecule has 1 aliphatic rings. The summed E-state index contributed by atoms with van der Waals surface area (Å²) in [6, 6.07) is 10.4. The van der Waals surface area contributed by atoms with E-state index in [1.165, 1.54) is 0 Å². The molecule has 140 valence electrons. The lowest BCUT2D eigenvalue weighted by atomic mass is 9.92. The summed E-state index contributed by atoms with van der Waals surface area (Å²) < 4.78 is 0. The Balaban J connectivity index is 1.89. The number of aromatic nitrogens is 1. The van der Waals surface area contributed by atoms with Gasteiger partial charge in [-0.1, -0.05) is 12.6 Å². The summed E-state index contributed by atoms with van der Waals surface area (Å²) in [5.41, 5.74) is 8.58. The maximum absolute atomic E-state index is 12.6. The molecule has 1 aliphatic heterocycles. The Morgan fingerprint density at radius 2 is 2.07 bits per heavy atom. The molecule has 0 bridgehead atoms. The van der Waals surface area contributed by atoms with Gasteiger partial charge in [-0.2, -0.15) is 0 Å². The molecule has 1 aromatic carbocycles. The smallest absolute Gasteiger partial charge is 0.256 e. The molecule has 1 fully saturated rings. The molecular formula is C21H24N4O2. The molecule has 2 amide bonds. The van der Waals surface area contributed by atoms with Crippen molar-refractivity contribution >= 4 is 23.3 Å². The number of likely N-dealkylation sites (tertiary alicyclic amines) is 1. The number of amides is 2. The summed E-state index contributed by atoms with van der Waals surface area (Å²) in [6.07, 6.45) is 4.39. The first kappa shape index (κ1) is 18.6. The van der Waals surface area contributed by atoms with Gasteiger partial charge in [-0.3, -0.25) is 9.59 Å². The highest BCUT2D eigenvalue weighted by Crippen LogP contribution is 2.35. The van der Waals surface area contributed by atoms with E-state index in [0.717, 1.165) is 24.8 Å². The number of nitrogens with one attached hydrogen (secondary N) is 1. The highest BCUT2D eigenvalue weighted by molar-refractivity contribution is 6.04. The van der Waals surface area contributed by atoms with Crippen molar-refractivity contribution < 1.29 is 9.59 Å².